The topological polar surface area (TPSA) is 63.0 Å². The highest BCUT2D eigenvalue weighted by Gasteiger charge is 2.09. The van der Waals surface area contributed by atoms with Gasteiger partial charge in [0.05, 0.1) is 23.5 Å². The molecule has 2 aromatic heterocycles. The molecular formula is C21H16ClFN4O. The summed E-state index contributed by atoms with van der Waals surface area (Å²) in [7, 11) is 0. The molecule has 0 amide bonds. The van der Waals surface area contributed by atoms with E-state index in [1.807, 2.05) is 48.5 Å². The molecule has 0 radical (unpaired) electrons. The molecule has 2 heterocycles. The number of furan rings is 1. The van der Waals surface area contributed by atoms with E-state index in [4.69, 9.17) is 16.0 Å². The van der Waals surface area contributed by atoms with Gasteiger partial charge in [-0.15, -0.1) is 0 Å². The third kappa shape index (κ3) is 4.29. The van der Waals surface area contributed by atoms with Crippen LogP contribution in [-0.2, 0) is 6.54 Å². The molecule has 0 spiro atoms. The monoisotopic (exact) mass is 394 g/mol. The van der Waals surface area contributed by atoms with E-state index < -0.39 is 5.82 Å². The van der Waals surface area contributed by atoms with Crippen molar-refractivity contribution < 1.29 is 8.81 Å². The number of nitrogens with one attached hydrogen (secondary N) is 2. The van der Waals surface area contributed by atoms with Gasteiger partial charge in [-0.3, -0.25) is 0 Å². The first-order valence-corrected chi connectivity index (χ1v) is 8.98. The van der Waals surface area contributed by atoms with Gasteiger partial charge in [-0.25, -0.2) is 9.37 Å². The summed E-state index contributed by atoms with van der Waals surface area (Å²) in [6, 6.07) is 19.7. The summed E-state index contributed by atoms with van der Waals surface area (Å²) in [5.74, 6) is 1.29. The van der Waals surface area contributed by atoms with Crippen LogP contribution in [0, 0.1) is 5.82 Å². The minimum Gasteiger partial charge on any atom is -0.467 e. The molecule has 0 saturated heterocycles. The zero-order valence-corrected chi connectivity index (χ0v) is 15.4. The fraction of sp³-hybridized carbons (Fsp3) is 0.0476. The Morgan fingerprint density at radius 3 is 2.57 bits per heavy atom. The third-order valence-electron chi connectivity index (χ3n) is 3.99. The SMILES string of the molecule is Fc1ccc(Nc2cc(-c3ccccc3)nc(NCc3ccco3)n2)cc1Cl. The van der Waals surface area contributed by atoms with Gasteiger partial charge in [0.15, 0.2) is 0 Å². The van der Waals surface area contributed by atoms with Crippen LogP contribution in [0.5, 0.6) is 0 Å². The lowest BCUT2D eigenvalue weighted by molar-refractivity contribution is 0.517. The van der Waals surface area contributed by atoms with Crippen LogP contribution in [0.4, 0.5) is 21.8 Å². The molecule has 0 unspecified atom stereocenters. The standard InChI is InChI=1S/C21H16ClFN4O/c22-17-11-15(8-9-18(17)23)25-20-12-19(14-5-2-1-3-6-14)26-21(27-20)24-13-16-7-4-10-28-16/h1-12H,13H2,(H2,24,25,26,27). The Balaban J connectivity index is 1.65. The summed E-state index contributed by atoms with van der Waals surface area (Å²) in [5, 5.41) is 6.35. The Labute approximate surface area is 166 Å². The second kappa shape index (κ2) is 8.10. The molecule has 2 aromatic carbocycles. The molecule has 0 aliphatic carbocycles. The molecule has 140 valence electrons. The first-order valence-electron chi connectivity index (χ1n) is 8.60. The molecule has 0 atom stereocenters. The lowest BCUT2D eigenvalue weighted by Gasteiger charge is -2.11. The molecule has 7 heteroatoms. The highest BCUT2D eigenvalue weighted by Crippen LogP contribution is 2.26. The molecule has 4 rings (SSSR count). The number of rotatable bonds is 6. The summed E-state index contributed by atoms with van der Waals surface area (Å²) in [6.45, 7) is 0.451. The van der Waals surface area contributed by atoms with E-state index in [1.54, 1.807) is 12.3 Å². The molecule has 0 bridgehead atoms. The van der Waals surface area contributed by atoms with Crippen molar-refractivity contribution in [3.8, 4) is 11.3 Å². The summed E-state index contributed by atoms with van der Waals surface area (Å²) >= 11 is 5.87. The minimum absolute atomic E-state index is 0.0403. The zero-order valence-electron chi connectivity index (χ0n) is 14.7. The highest BCUT2D eigenvalue weighted by atomic mass is 35.5. The number of halogens is 2. The van der Waals surface area contributed by atoms with Crippen LogP contribution in [-0.4, -0.2) is 9.97 Å². The van der Waals surface area contributed by atoms with Crippen LogP contribution in [0.25, 0.3) is 11.3 Å². The Hall–Kier alpha value is -3.38. The van der Waals surface area contributed by atoms with Crippen molar-refractivity contribution in [1.29, 1.82) is 0 Å². The molecule has 2 N–H and O–H groups in total. The van der Waals surface area contributed by atoms with E-state index in [0.717, 1.165) is 17.0 Å². The van der Waals surface area contributed by atoms with Gasteiger partial charge in [0.25, 0.3) is 0 Å². The van der Waals surface area contributed by atoms with Crippen molar-refractivity contribution >= 4 is 29.1 Å². The van der Waals surface area contributed by atoms with Gasteiger partial charge < -0.3 is 15.1 Å². The summed E-state index contributed by atoms with van der Waals surface area (Å²) in [4.78, 5) is 9.08. The number of aromatic nitrogens is 2. The lowest BCUT2D eigenvalue weighted by atomic mass is 10.1. The maximum absolute atomic E-state index is 13.4. The average Bonchev–Trinajstić information content (AvgIpc) is 3.23. The van der Waals surface area contributed by atoms with E-state index in [-0.39, 0.29) is 5.02 Å². The van der Waals surface area contributed by atoms with Crippen LogP contribution in [0.3, 0.4) is 0 Å². The van der Waals surface area contributed by atoms with Crippen molar-refractivity contribution in [3.05, 3.63) is 89.6 Å². The van der Waals surface area contributed by atoms with Gasteiger partial charge in [0.1, 0.15) is 17.4 Å². The van der Waals surface area contributed by atoms with Crippen LogP contribution >= 0.6 is 11.6 Å². The van der Waals surface area contributed by atoms with Gasteiger partial charge in [-0.1, -0.05) is 41.9 Å². The normalized spacial score (nSPS) is 10.6. The Morgan fingerprint density at radius 2 is 1.82 bits per heavy atom. The largest absolute Gasteiger partial charge is 0.467 e. The highest BCUT2D eigenvalue weighted by molar-refractivity contribution is 6.31. The fourth-order valence-corrected chi connectivity index (χ4v) is 2.83. The second-order valence-electron chi connectivity index (χ2n) is 6.01. The maximum atomic E-state index is 13.4. The number of anilines is 3. The van der Waals surface area contributed by atoms with Crippen molar-refractivity contribution in [2.45, 2.75) is 6.54 Å². The summed E-state index contributed by atoms with van der Waals surface area (Å²) in [5.41, 5.74) is 2.32. The predicted molar refractivity (Wildman–Crippen MR) is 108 cm³/mol. The van der Waals surface area contributed by atoms with Crippen LogP contribution in [0.2, 0.25) is 5.02 Å². The van der Waals surface area contributed by atoms with E-state index in [0.29, 0.717) is 24.0 Å². The maximum Gasteiger partial charge on any atom is 0.225 e. The van der Waals surface area contributed by atoms with E-state index in [1.165, 1.54) is 12.1 Å². The first-order chi connectivity index (χ1) is 13.7. The minimum atomic E-state index is -0.472. The third-order valence-corrected chi connectivity index (χ3v) is 4.28. The summed E-state index contributed by atoms with van der Waals surface area (Å²) < 4.78 is 18.8. The van der Waals surface area contributed by atoms with Gasteiger partial charge in [-0.2, -0.15) is 4.98 Å². The van der Waals surface area contributed by atoms with Gasteiger partial charge in [-0.05, 0) is 30.3 Å². The van der Waals surface area contributed by atoms with Gasteiger partial charge in [0, 0.05) is 17.3 Å². The van der Waals surface area contributed by atoms with Crippen LogP contribution < -0.4 is 10.6 Å². The molecule has 0 fully saturated rings. The quantitative estimate of drug-likeness (QED) is 0.427. The smallest absolute Gasteiger partial charge is 0.225 e. The molecule has 5 nitrogen and oxygen atoms in total. The number of nitrogens with zero attached hydrogens (tertiary/aromatic N) is 2. The molecule has 28 heavy (non-hydrogen) atoms. The Bertz CT molecular complexity index is 1070. The Morgan fingerprint density at radius 1 is 0.964 bits per heavy atom. The zero-order chi connectivity index (χ0) is 19.3. The molecule has 0 saturated carbocycles. The predicted octanol–water partition coefficient (Wildman–Crippen LogP) is 5.88. The van der Waals surface area contributed by atoms with Crippen LogP contribution in [0.15, 0.2) is 77.4 Å². The van der Waals surface area contributed by atoms with Crippen molar-refractivity contribution in [2.75, 3.05) is 10.6 Å². The Kier molecular flexibility index (Phi) is 5.21. The van der Waals surface area contributed by atoms with E-state index >= 15 is 0 Å². The average molecular weight is 395 g/mol. The van der Waals surface area contributed by atoms with E-state index in [9.17, 15) is 4.39 Å². The molecule has 0 aliphatic heterocycles. The van der Waals surface area contributed by atoms with Crippen LogP contribution in [0.1, 0.15) is 5.76 Å². The number of hydrogen-bond acceptors (Lipinski definition) is 5. The first kappa shape index (κ1) is 18.0. The van der Waals surface area contributed by atoms with Crippen molar-refractivity contribution in [3.63, 3.8) is 0 Å². The van der Waals surface area contributed by atoms with Gasteiger partial charge >= 0.3 is 0 Å². The van der Waals surface area contributed by atoms with Gasteiger partial charge in [0.2, 0.25) is 5.95 Å². The van der Waals surface area contributed by atoms with Crippen molar-refractivity contribution in [1.82, 2.24) is 9.97 Å². The lowest BCUT2D eigenvalue weighted by Crippen LogP contribution is -2.06. The molecule has 0 aliphatic rings. The number of hydrogen-bond donors (Lipinski definition) is 2. The molecule has 4 aromatic rings. The fourth-order valence-electron chi connectivity index (χ4n) is 2.65. The summed E-state index contributed by atoms with van der Waals surface area (Å²) in [6.07, 6.45) is 1.61. The molecular weight excluding hydrogens is 379 g/mol. The van der Waals surface area contributed by atoms with Crippen molar-refractivity contribution in [2.24, 2.45) is 0 Å². The number of benzene rings is 2. The van der Waals surface area contributed by atoms with E-state index in [2.05, 4.69) is 20.6 Å². The second-order valence-corrected chi connectivity index (χ2v) is 6.42.